The zero-order valence-corrected chi connectivity index (χ0v) is 22.5. The van der Waals surface area contributed by atoms with E-state index in [1.807, 2.05) is 16.0 Å². The highest BCUT2D eigenvalue weighted by atomic mass is 32.1. The van der Waals surface area contributed by atoms with Gasteiger partial charge in [-0.25, -0.2) is 4.98 Å². The molecular weight excluding hydrogens is 464 g/mol. The molecule has 0 saturated carbocycles. The van der Waals surface area contributed by atoms with E-state index in [1.54, 1.807) is 0 Å². The highest BCUT2D eigenvalue weighted by Crippen LogP contribution is 2.38. The Morgan fingerprint density at radius 2 is 1.61 bits per heavy atom. The molecule has 0 bridgehead atoms. The molecule has 184 valence electrons. The van der Waals surface area contributed by atoms with Crippen LogP contribution in [-0.4, -0.2) is 15.3 Å². The fourth-order valence-corrected chi connectivity index (χ4v) is 6.10. The van der Waals surface area contributed by atoms with Crippen molar-refractivity contribution in [3.63, 3.8) is 0 Å². The molecule has 0 atom stereocenters. The predicted molar refractivity (Wildman–Crippen MR) is 149 cm³/mol. The summed E-state index contributed by atoms with van der Waals surface area (Å²) in [5.41, 5.74) is 7.90. The zero-order chi connectivity index (χ0) is 25.6. The zero-order valence-electron chi connectivity index (χ0n) is 21.6. The number of aryl methyl sites for hydroxylation is 3. The second kappa shape index (κ2) is 9.29. The Balaban J connectivity index is 1.79. The van der Waals surface area contributed by atoms with Gasteiger partial charge in [0.1, 0.15) is 5.01 Å². The molecule has 0 N–H and O–H groups in total. The predicted octanol–water partition coefficient (Wildman–Crippen LogP) is 7.22. The molecule has 4 nitrogen and oxygen atoms in total. The van der Waals surface area contributed by atoms with Crippen LogP contribution >= 0.6 is 11.3 Å². The van der Waals surface area contributed by atoms with Gasteiger partial charge in [-0.05, 0) is 48.8 Å². The minimum absolute atomic E-state index is 0.0959. The minimum Gasteiger partial charge on any atom is -0.294 e. The van der Waals surface area contributed by atoms with Gasteiger partial charge in [0.15, 0.2) is 5.78 Å². The van der Waals surface area contributed by atoms with E-state index in [0.717, 1.165) is 46.6 Å². The number of fused-ring (bicyclic) bond motifs is 1. The first kappa shape index (κ1) is 24.4. The number of aromatic nitrogens is 2. The SMILES string of the molecule is CCc1cccc(CC)c1-n1c2c(cc(-c3nc(-c4ccc(C)cc4)cs3)c1=O)C(=O)CC(C)(C)C2. The molecule has 5 rings (SSSR count). The molecular formula is C31H32N2O2S. The van der Waals surface area contributed by atoms with Crippen LogP contribution in [0.2, 0.25) is 0 Å². The maximum absolute atomic E-state index is 14.3. The van der Waals surface area contributed by atoms with E-state index in [9.17, 15) is 9.59 Å². The summed E-state index contributed by atoms with van der Waals surface area (Å²) in [5.74, 6) is 0.0959. The number of hydrogen-bond donors (Lipinski definition) is 0. The van der Waals surface area contributed by atoms with Gasteiger partial charge in [0.2, 0.25) is 0 Å². The average Bonchev–Trinajstić information content (AvgIpc) is 3.33. The van der Waals surface area contributed by atoms with E-state index >= 15 is 0 Å². The van der Waals surface area contributed by atoms with Crippen molar-refractivity contribution in [3.05, 3.63) is 92.2 Å². The molecule has 2 heterocycles. The number of Topliss-reactive ketones (excluding diaryl/α,β-unsaturated/α-hetero) is 1. The third-order valence-electron chi connectivity index (χ3n) is 7.16. The summed E-state index contributed by atoms with van der Waals surface area (Å²) >= 11 is 1.46. The molecule has 0 radical (unpaired) electrons. The molecule has 5 heteroatoms. The Bertz CT molecular complexity index is 1500. The molecule has 2 aromatic carbocycles. The lowest BCUT2D eigenvalue weighted by Crippen LogP contribution is -2.35. The number of thiazole rings is 1. The van der Waals surface area contributed by atoms with Gasteiger partial charge < -0.3 is 0 Å². The van der Waals surface area contributed by atoms with Crippen molar-refractivity contribution in [2.75, 3.05) is 0 Å². The van der Waals surface area contributed by atoms with Gasteiger partial charge in [0, 0.05) is 28.6 Å². The molecule has 1 aliphatic carbocycles. The van der Waals surface area contributed by atoms with E-state index < -0.39 is 0 Å². The largest absolute Gasteiger partial charge is 0.294 e. The monoisotopic (exact) mass is 496 g/mol. The molecule has 0 unspecified atom stereocenters. The van der Waals surface area contributed by atoms with E-state index in [4.69, 9.17) is 4.98 Å². The van der Waals surface area contributed by atoms with Crippen molar-refractivity contribution < 1.29 is 4.79 Å². The number of carbonyl (C=O) groups excluding carboxylic acids is 1. The van der Waals surface area contributed by atoms with Crippen molar-refractivity contribution in [1.29, 1.82) is 0 Å². The van der Waals surface area contributed by atoms with E-state index in [2.05, 4.69) is 77.1 Å². The third kappa shape index (κ3) is 4.26. The minimum atomic E-state index is -0.201. The molecule has 0 spiro atoms. The van der Waals surface area contributed by atoms with Gasteiger partial charge in [-0.1, -0.05) is 75.7 Å². The van der Waals surface area contributed by atoms with Gasteiger partial charge in [-0.15, -0.1) is 11.3 Å². The second-order valence-corrected chi connectivity index (χ2v) is 11.4. The molecule has 0 aliphatic heterocycles. The summed E-state index contributed by atoms with van der Waals surface area (Å²) in [6.45, 7) is 10.5. The number of carbonyl (C=O) groups is 1. The van der Waals surface area contributed by atoms with E-state index in [1.165, 1.54) is 16.9 Å². The number of pyridine rings is 1. The molecule has 4 aromatic rings. The molecule has 0 amide bonds. The first-order valence-electron chi connectivity index (χ1n) is 12.7. The van der Waals surface area contributed by atoms with Crippen LogP contribution in [0.4, 0.5) is 0 Å². The Morgan fingerprint density at radius 3 is 2.25 bits per heavy atom. The van der Waals surface area contributed by atoms with Crippen LogP contribution in [0.3, 0.4) is 0 Å². The quantitative estimate of drug-likeness (QED) is 0.293. The van der Waals surface area contributed by atoms with Gasteiger partial charge in [-0.3, -0.25) is 14.2 Å². The number of para-hydroxylation sites is 1. The lowest BCUT2D eigenvalue weighted by molar-refractivity contribution is 0.0909. The van der Waals surface area contributed by atoms with Crippen molar-refractivity contribution >= 4 is 17.1 Å². The first-order chi connectivity index (χ1) is 17.2. The summed E-state index contributed by atoms with van der Waals surface area (Å²) in [7, 11) is 0. The fourth-order valence-electron chi connectivity index (χ4n) is 5.26. The maximum atomic E-state index is 14.3. The summed E-state index contributed by atoms with van der Waals surface area (Å²) in [6.07, 6.45) is 2.76. The lowest BCUT2D eigenvalue weighted by Gasteiger charge is -2.33. The Labute approximate surface area is 216 Å². The third-order valence-corrected chi connectivity index (χ3v) is 8.03. The van der Waals surface area contributed by atoms with Crippen LogP contribution in [0.15, 0.2) is 58.7 Å². The number of benzene rings is 2. The molecule has 0 saturated heterocycles. The molecule has 0 fully saturated rings. The molecule has 1 aliphatic rings. The number of nitrogens with zero attached hydrogens (tertiary/aromatic N) is 2. The van der Waals surface area contributed by atoms with Crippen LogP contribution in [0.1, 0.15) is 66.9 Å². The highest BCUT2D eigenvalue weighted by Gasteiger charge is 2.35. The smallest absolute Gasteiger partial charge is 0.265 e. The highest BCUT2D eigenvalue weighted by molar-refractivity contribution is 7.13. The van der Waals surface area contributed by atoms with Crippen molar-refractivity contribution in [1.82, 2.24) is 9.55 Å². The molecule has 36 heavy (non-hydrogen) atoms. The second-order valence-electron chi connectivity index (χ2n) is 10.5. The number of rotatable bonds is 5. The number of ketones is 1. The van der Waals surface area contributed by atoms with Crippen LogP contribution < -0.4 is 5.56 Å². The van der Waals surface area contributed by atoms with Crippen molar-refractivity contribution in [3.8, 4) is 27.5 Å². The van der Waals surface area contributed by atoms with E-state index in [0.29, 0.717) is 29.0 Å². The van der Waals surface area contributed by atoms with Gasteiger partial charge in [0.05, 0.1) is 16.9 Å². The summed E-state index contributed by atoms with van der Waals surface area (Å²) < 4.78 is 1.86. The Hall–Kier alpha value is -3.31. The van der Waals surface area contributed by atoms with Gasteiger partial charge >= 0.3 is 0 Å². The van der Waals surface area contributed by atoms with Crippen LogP contribution in [-0.2, 0) is 19.3 Å². The van der Waals surface area contributed by atoms with Crippen LogP contribution in [0.5, 0.6) is 0 Å². The lowest BCUT2D eigenvalue weighted by atomic mass is 9.75. The van der Waals surface area contributed by atoms with Crippen molar-refractivity contribution in [2.45, 2.75) is 60.3 Å². The van der Waals surface area contributed by atoms with E-state index in [-0.39, 0.29) is 16.8 Å². The van der Waals surface area contributed by atoms with Crippen LogP contribution in [0, 0.1) is 12.3 Å². The Morgan fingerprint density at radius 1 is 0.944 bits per heavy atom. The topological polar surface area (TPSA) is 52.0 Å². The normalized spacial score (nSPS) is 14.6. The fraction of sp³-hybridized carbons (Fsp3) is 0.323. The van der Waals surface area contributed by atoms with Gasteiger partial charge in [0.25, 0.3) is 5.56 Å². The summed E-state index contributed by atoms with van der Waals surface area (Å²) in [4.78, 5) is 32.6. The average molecular weight is 497 g/mol. The maximum Gasteiger partial charge on any atom is 0.265 e. The standard InChI is InChI=1S/C31H32N2O2S/c1-6-20-9-8-10-21(7-2)28(20)33-26-16-31(4,5)17-27(34)23(26)15-24(30(33)35)29-32-25(18-36-29)22-13-11-19(3)12-14-22/h8-15,18H,6-7,16-17H2,1-5H3. The van der Waals surface area contributed by atoms with Crippen molar-refractivity contribution in [2.24, 2.45) is 5.41 Å². The summed E-state index contributed by atoms with van der Waals surface area (Å²) in [5, 5.41) is 2.64. The summed E-state index contributed by atoms with van der Waals surface area (Å²) in [6, 6.07) is 16.3. The first-order valence-corrected chi connectivity index (χ1v) is 13.6. The Kier molecular flexibility index (Phi) is 6.29. The van der Waals surface area contributed by atoms with Gasteiger partial charge in [-0.2, -0.15) is 0 Å². The molecule has 2 aromatic heterocycles. The number of hydrogen-bond acceptors (Lipinski definition) is 4. The van der Waals surface area contributed by atoms with Crippen LogP contribution in [0.25, 0.3) is 27.5 Å².